The number of carbonyl (C=O) groups is 3. The maximum absolute atomic E-state index is 13.8. The molecule has 8 heteroatoms. The monoisotopic (exact) mass is 471 g/mol. The van der Waals surface area contributed by atoms with Gasteiger partial charge < -0.3 is 25.4 Å². The van der Waals surface area contributed by atoms with Crippen molar-refractivity contribution < 1.29 is 23.9 Å². The number of amides is 3. The van der Waals surface area contributed by atoms with Crippen molar-refractivity contribution in [2.24, 2.45) is 11.7 Å². The van der Waals surface area contributed by atoms with Crippen LogP contribution in [0, 0.1) is 5.92 Å². The maximum atomic E-state index is 13.8. The molecule has 0 radical (unpaired) electrons. The molecule has 2 unspecified atom stereocenters. The van der Waals surface area contributed by atoms with Crippen LogP contribution < -0.4 is 11.1 Å². The van der Waals surface area contributed by atoms with E-state index in [4.69, 9.17) is 15.2 Å². The standard InChI is InChI=1S/C26H37N3O5/c1-5-6-15-33-22-19-9-7-8-10-20(19)23(31)29(16-18-11-12-18)26(22,14-13-21(27)30)17-28-24(32)34-25(2,3)4/h7-10,13-14,18,22H,5-6,11-12,15-17H2,1-4H3,(H2,27,30)(H,28,32). The fourth-order valence-electron chi connectivity index (χ4n) is 4.24. The van der Waals surface area contributed by atoms with Gasteiger partial charge in [-0.25, -0.2) is 4.79 Å². The highest BCUT2D eigenvalue weighted by Gasteiger charge is 2.52. The number of nitrogens with one attached hydrogen (secondary N) is 1. The largest absolute Gasteiger partial charge is 0.444 e. The Labute approximate surface area is 201 Å². The normalized spacial score (nSPS) is 22.5. The Morgan fingerprint density at radius 3 is 2.59 bits per heavy atom. The first kappa shape index (κ1) is 25.7. The summed E-state index contributed by atoms with van der Waals surface area (Å²) >= 11 is 0. The first-order valence-corrected chi connectivity index (χ1v) is 12.1. The minimum Gasteiger partial charge on any atom is -0.444 e. The quantitative estimate of drug-likeness (QED) is 0.399. The molecule has 1 saturated carbocycles. The molecule has 0 bridgehead atoms. The molecule has 0 spiro atoms. The number of carbonyl (C=O) groups excluding carboxylic acids is 3. The molecule has 0 saturated heterocycles. The van der Waals surface area contributed by atoms with E-state index in [2.05, 4.69) is 12.2 Å². The molecule has 2 atom stereocenters. The molecule has 1 aromatic carbocycles. The van der Waals surface area contributed by atoms with Crippen LogP contribution in [0.5, 0.6) is 0 Å². The van der Waals surface area contributed by atoms with E-state index >= 15 is 0 Å². The van der Waals surface area contributed by atoms with Crippen molar-refractivity contribution in [2.75, 3.05) is 19.7 Å². The molecule has 3 amide bonds. The third-order valence-corrected chi connectivity index (χ3v) is 6.05. The summed E-state index contributed by atoms with van der Waals surface area (Å²) < 4.78 is 11.9. The Hall–Kier alpha value is -2.87. The van der Waals surface area contributed by atoms with Gasteiger partial charge in [-0.15, -0.1) is 0 Å². The van der Waals surface area contributed by atoms with Crippen molar-refractivity contribution >= 4 is 17.9 Å². The van der Waals surface area contributed by atoms with Gasteiger partial charge in [0, 0.05) is 24.8 Å². The lowest BCUT2D eigenvalue weighted by Gasteiger charge is -2.50. The smallest absolute Gasteiger partial charge is 0.407 e. The molecule has 1 aromatic rings. The van der Waals surface area contributed by atoms with E-state index in [1.54, 1.807) is 37.8 Å². The second-order valence-corrected chi connectivity index (χ2v) is 10.1. The number of nitrogens with zero attached hydrogens (tertiary/aromatic N) is 1. The van der Waals surface area contributed by atoms with Crippen LogP contribution >= 0.6 is 0 Å². The number of fused-ring (bicyclic) bond motifs is 1. The van der Waals surface area contributed by atoms with E-state index in [9.17, 15) is 14.4 Å². The summed E-state index contributed by atoms with van der Waals surface area (Å²) in [6, 6.07) is 7.37. The molecule has 186 valence electrons. The Kier molecular flexibility index (Phi) is 8.02. The van der Waals surface area contributed by atoms with E-state index in [0.29, 0.717) is 24.6 Å². The molecule has 1 fully saturated rings. The van der Waals surface area contributed by atoms with E-state index in [0.717, 1.165) is 31.2 Å². The number of alkyl carbamates (subject to hydrolysis) is 1. The molecule has 2 aliphatic rings. The van der Waals surface area contributed by atoms with Gasteiger partial charge in [-0.2, -0.15) is 0 Å². The lowest BCUT2D eigenvalue weighted by atomic mass is 9.78. The Bertz CT molecular complexity index is 935. The van der Waals surface area contributed by atoms with Gasteiger partial charge in [0.15, 0.2) is 0 Å². The van der Waals surface area contributed by atoms with E-state index in [-0.39, 0.29) is 12.5 Å². The van der Waals surface area contributed by atoms with Crippen LogP contribution in [-0.4, -0.2) is 53.6 Å². The van der Waals surface area contributed by atoms with E-state index < -0.39 is 29.2 Å². The number of hydrogen-bond acceptors (Lipinski definition) is 5. The summed E-state index contributed by atoms with van der Waals surface area (Å²) in [5.74, 6) is -0.423. The summed E-state index contributed by atoms with van der Waals surface area (Å²) in [5.41, 5.74) is 4.96. The average molecular weight is 472 g/mol. The zero-order chi connectivity index (χ0) is 24.9. The highest BCUT2D eigenvalue weighted by atomic mass is 16.6. The second kappa shape index (κ2) is 10.6. The van der Waals surface area contributed by atoms with Crippen LogP contribution in [0.4, 0.5) is 4.79 Å². The number of benzene rings is 1. The molecule has 1 aliphatic heterocycles. The van der Waals surface area contributed by atoms with Gasteiger partial charge in [0.05, 0.1) is 6.54 Å². The highest BCUT2D eigenvalue weighted by molar-refractivity contribution is 5.98. The molecule has 8 nitrogen and oxygen atoms in total. The predicted molar refractivity (Wildman–Crippen MR) is 129 cm³/mol. The maximum Gasteiger partial charge on any atom is 0.407 e. The minimum atomic E-state index is -1.15. The summed E-state index contributed by atoms with van der Waals surface area (Å²) in [6.07, 6.45) is 5.52. The molecule has 3 N–H and O–H groups in total. The third-order valence-electron chi connectivity index (χ3n) is 6.05. The number of rotatable bonds is 10. The first-order chi connectivity index (χ1) is 16.1. The van der Waals surface area contributed by atoms with Crippen molar-refractivity contribution in [1.29, 1.82) is 0 Å². The number of nitrogens with two attached hydrogens (primary N) is 1. The van der Waals surface area contributed by atoms with Crippen LogP contribution in [-0.2, 0) is 14.3 Å². The molecule has 1 aliphatic carbocycles. The number of hydrogen-bond donors (Lipinski definition) is 2. The fraction of sp³-hybridized carbons (Fsp3) is 0.577. The van der Waals surface area contributed by atoms with E-state index in [1.165, 1.54) is 6.08 Å². The van der Waals surface area contributed by atoms with Crippen LogP contribution in [0.2, 0.25) is 0 Å². The van der Waals surface area contributed by atoms with Gasteiger partial charge in [0.2, 0.25) is 5.91 Å². The minimum absolute atomic E-state index is 0.00921. The van der Waals surface area contributed by atoms with Crippen molar-refractivity contribution in [2.45, 2.75) is 70.6 Å². The average Bonchev–Trinajstić information content (AvgIpc) is 3.58. The summed E-state index contributed by atoms with van der Waals surface area (Å²) in [7, 11) is 0. The summed E-state index contributed by atoms with van der Waals surface area (Å²) in [5, 5.41) is 2.83. The van der Waals surface area contributed by atoms with Crippen LogP contribution in [0.25, 0.3) is 0 Å². The molecule has 1 heterocycles. The van der Waals surface area contributed by atoms with Gasteiger partial charge >= 0.3 is 6.09 Å². The van der Waals surface area contributed by atoms with Gasteiger partial charge in [-0.05, 0) is 63.7 Å². The summed E-state index contributed by atoms with van der Waals surface area (Å²) in [4.78, 5) is 40.0. The zero-order valence-electron chi connectivity index (χ0n) is 20.6. The lowest BCUT2D eigenvalue weighted by Crippen LogP contribution is -2.64. The van der Waals surface area contributed by atoms with Gasteiger partial charge in [0.25, 0.3) is 5.91 Å². The second-order valence-electron chi connectivity index (χ2n) is 10.1. The zero-order valence-corrected chi connectivity index (χ0v) is 20.6. The van der Waals surface area contributed by atoms with Gasteiger partial charge in [-0.1, -0.05) is 31.5 Å². The van der Waals surface area contributed by atoms with Crippen LogP contribution in [0.1, 0.15) is 75.4 Å². The Morgan fingerprint density at radius 1 is 1.26 bits per heavy atom. The fourth-order valence-corrected chi connectivity index (χ4v) is 4.24. The van der Waals surface area contributed by atoms with Gasteiger partial charge in [-0.3, -0.25) is 9.59 Å². The van der Waals surface area contributed by atoms with Crippen molar-refractivity contribution in [3.05, 3.63) is 47.5 Å². The first-order valence-electron chi connectivity index (χ1n) is 12.1. The number of ether oxygens (including phenoxy) is 2. The topological polar surface area (TPSA) is 111 Å². The Balaban J connectivity index is 2.09. The van der Waals surface area contributed by atoms with Gasteiger partial charge in [0.1, 0.15) is 17.2 Å². The van der Waals surface area contributed by atoms with E-state index in [1.807, 2.05) is 18.2 Å². The molecule has 34 heavy (non-hydrogen) atoms. The number of unbranched alkanes of at least 4 members (excludes halogenated alkanes) is 1. The number of primary amides is 1. The van der Waals surface area contributed by atoms with Crippen molar-refractivity contribution in [3.63, 3.8) is 0 Å². The molecule has 0 aromatic heterocycles. The van der Waals surface area contributed by atoms with Crippen LogP contribution in [0.3, 0.4) is 0 Å². The van der Waals surface area contributed by atoms with Crippen LogP contribution in [0.15, 0.2) is 36.4 Å². The molecular weight excluding hydrogens is 434 g/mol. The molecule has 3 rings (SSSR count). The summed E-state index contributed by atoms with van der Waals surface area (Å²) in [6.45, 7) is 8.41. The lowest BCUT2D eigenvalue weighted by molar-refractivity contribution is -0.113. The van der Waals surface area contributed by atoms with Crippen molar-refractivity contribution in [1.82, 2.24) is 10.2 Å². The highest BCUT2D eigenvalue weighted by Crippen LogP contribution is 2.45. The predicted octanol–water partition coefficient (Wildman–Crippen LogP) is 3.72. The third kappa shape index (κ3) is 6.17. The SMILES string of the molecule is CCCCOC1c2ccccc2C(=O)N(CC2CC2)C1(C=CC(N)=O)CNC(=O)OC(C)(C)C. The Morgan fingerprint density at radius 2 is 1.97 bits per heavy atom. The van der Waals surface area contributed by atoms with Crippen molar-refractivity contribution in [3.8, 4) is 0 Å². The molecular formula is C26H37N3O5.